The minimum Gasteiger partial charge on any atom is -0.200 e. The Morgan fingerprint density at radius 1 is 0.828 bits per heavy atom. The van der Waals surface area contributed by atoms with Gasteiger partial charge in [0.05, 0.1) is 0 Å². The number of quaternary nitrogens is 1. The zero-order chi connectivity index (χ0) is 20.9. The van der Waals surface area contributed by atoms with E-state index in [1.54, 1.807) is 30.4 Å². The fourth-order valence-corrected chi connectivity index (χ4v) is 8.45. The number of benzene rings is 3. The summed E-state index contributed by atoms with van der Waals surface area (Å²) in [4.78, 5) is 0. The molecule has 0 fully saturated rings. The van der Waals surface area contributed by atoms with Gasteiger partial charge in [-0.1, -0.05) is 60.7 Å². The van der Waals surface area contributed by atoms with E-state index in [9.17, 15) is 0 Å². The Morgan fingerprint density at radius 3 is 2.03 bits per heavy atom. The van der Waals surface area contributed by atoms with Gasteiger partial charge < -0.3 is 0 Å². The van der Waals surface area contributed by atoms with E-state index in [0.29, 0.717) is 23.8 Å². The van der Waals surface area contributed by atoms with Crippen LogP contribution in [0.15, 0.2) is 98.6 Å². The van der Waals surface area contributed by atoms with Crippen LogP contribution in [-0.4, -0.2) is 8.24 Å². The highest BCUT2D eigenvalue weighted by Gasteiger charge is 2.60. The number of nitrogens with zero attached hydrogens (tertiary/aromatic N) is 1. The van der Waals surface area contributed by atoms with E-state index < -0.39 is 18.4 Å². The molecule has 0 aliphatic rings. The first kappa shape index (κ1) is 20.9. The van der Waals surface area contributed by atoms with Crippen LogP contribution in [0.1, 0.15) is 0 Å². The fraction of sp³-hybridized carbons (Fsp3) is 0.120. The number of hydrogen-bond donors (Lipinski definition) is 0. The van der Waals surface area contributed by atoms with Crippen molar-refractivity contribution in [2.75, 3.05) is 0 Å². The van der Waals surface area contributed by atoms with Crippen molar-refractivity contribution < 1.29 is 8.87 Å². The molecular formula is C25H25F2NSi+. The van der Waals surface area contributed by atoms with Crippen LogP contribution in [0, 0.1) is 11.9 Å². The van der Waals surface area contributed by atoms with E-state index in [4.69, 9.17) is 0 Å². The van der Waals surface area contributed by atoms with Gasteiger partial charge in [-0.3, -0.25) is 0 Å². The maximum Gasteiger partial charge on any atom is 0.346 e. The first-order valence-corrected chi connectivity index (χ1v) is 12.2. The summed E-state index contributed by atoms with van der Waals surface area (Å²) in [5.41, 5.74) is 0.403. The monoisotopic (exact) mass is 405 g/mol. The zero-order valence-corrected chi connectivity index (χ0v) is 17.5. The highest BCUT2D eigenvalue weighted by Crippen LogP contribution is 2.50. The van der Waals surface area contributed by atoms with E-state index in [1.807, 2.05) is 36.4 Å². The standard InChI is InChI=1S/C25H25F2NSi/c1-4-18-29(19-5-2,20-6-3)28(27,25-16-10-9-15-23(25)26)24-17-11-13-21-12-7-8-14-22(21)24/h4-14,16-17H,1-3,18-20H2/q+1. The number of fused-ring (bicyclic) bond motifs is 1. The van der Waals surface area contributed by atoms with Gasteiger partial charge in [-0.05, 0) is 15.9 Å². The van der Waals surface area contributed by atoms with E-state index in [2.05, 4.69) is 25.8 Å². The van der Waals surface area contributed by atoms with Crippen LogP contribution in [-0.2, 0) is 0 Å². The Morgan fingerprint density at radius 2 is 1.41 bits per heavy atom. The Balaban J connectivity index is 2.47. The lowest BCUT2D eigenvalue weighted by Gasteiger charge is -2.41. The predicted octanol–water partition coefficient (Wildman–Crippen LogP) is 7.81. The second-order valence-corrected chi connectivity index (χ2v) is 11.4. The van der Waals surface area contributed by atoms with Gasteiger partial charge in [-0.15, -0.1) is 24.1 Å². The Bertz CT molecular complexity index is 1010. The normalized spacial score (nSPS) is 13.6. The van der Waals surface area contributed by atoms with Gasteiger partial charge in [0.2, 0.25) is 0 Å². The highest BCUT2D eigenvalue weighted by atomic mass is 28.3. The summed E-state index contributed by atoms with van der Waals surface area (Å²) in [6.45, 7) is 11.7. The molecular weight excluding hydrogens is 380 g/mol. The first-order chi connectivity index (χ1) is 14.0. The largest absolute Gasteiger partial charge is 0.346 e. The maximum atomic E-state index is 17.7. The highest BCUT2D eigenvalue weighted by molar-refractivity contribution is 6.82. The summed E-state index contributed by atoms with van der Waals surface area (Å²) >= 11 is 0. The summed E-state index contributed by atoms with van der Waals surface area (Å²) in [5.74, 6) is -0.683. The smallest absolute Gasteiger partial charge is 0.200 e. The number of hydrogen-bond acceptors (Lipinski definition) is 0. The molecule has 0 aliphatic carbocycles. The van der Waals surface area contributed by atoms with Crippen molar-refractivity contribution in [3.05, 3.63) is 111 Å². The summed E-state index contributed by atoms with van der Waals surface area (Å²) in [5, 5.41) is 1.67. The minimum absolute atomic E-state index is 0.0268. The van der Waals surface area contributed by atoms with Gasteiger partial charge >= 0.3 is 8.24 Å². The van der Waals surface area contributed by atoms with Gasteiger partial charge in [0.15, 0.2) is 17.2 Å². The third kappa shape index (κ3) is 3.50. The molecule has 0 saturated carbocycles. The molecule has 29 heavy (non-hydrogen) atoms. The number of rotatable bonds is 9. The van der Waals surface area contributed by atoms with Crippen molar-refractivity contribution in [1.29, 1.82) is 0 Å². The number of halogens is 2. The van der Waals surface area contributed by atoms with E-state index in [-0.39, 0.29) is 5.69 Å². The van der Waals surface area contributed by atoms with Crippen molar-refractivity contribution >= 4 is 30.4 Å². The van der Waals surface area contributed by atoms with Crippen molar-refractivity contribution in [2.24, 2.45) is 0 Å². The molecule has 0 heterocycles. The van der Waals surface area contributed by atoms with Gasteiger partial charge in [0.1, 0.15) is 0 Å². The van der Waals surface area contributed by atoms with E-state index in [0.717, 1.165) is 10.8 Å². The molecule has 0 bridgehead atoms. The van der Waals surface area contributed by atoms with Crippen LogP contribution in [0.3, 0.4) is 0 Å². The Kier molecular flexibility index (Phi) is 6.26. The molecule has 0 aromatic heterocycles. The minimum atomic E-state index is -3.02. The summed E-state index contributed by atoms with van der Waals surface area (Å²) < 4.78 is 31.7. The van der Waals surface area contributed by atoms with E-state index in [1.165, 1.54) is 12.1 Å². The van der Waals surface area contributed by atoms with Gasteiger partial charge in [-0.25, -0.2) is 0 Å². The molecule has 1 atom stereocenters. The van der Waals surface area contributed by atoms with Crippen LogP contribution >= 0.6 is 0 Å². The molecule has 3 aromatic rings. The molecule has 3 aromatic carbocycles. The van der Waals surface area contributed by atoms with Crippen LogP contribution < -0.4 is 4.37 Å². The van der Waals surface area contributed by atoms with E-state index >= 15 is 8.87 Å². The third-order valence-corrected chi connectivity index (χ3v) is 10.4. The summed E-state index contributed by atoms with van der Waals surface area (Å²) in [6, 6.07) is 21.6. The fourth-order valence-electron chi connectivity index (χ4n) is 4.20. The average Bonchev–Trinajstić information content (AvgIpc) is 2.73. The quantitative estimate of drug-likeness (QED) is 0.193. The second kappa shape index (κ2) is 8.68. The van der Waals surface area contributed by atoms with Crippen LogP contribution in [0.5, 0.6) is 0 Å². The Hall–Kier alpha value is -2.82. The lowest BCUT2D eigenvalue weighted by molar-refractivity contribution is 0.199. The predicted molar refractivity (Wildman–Crippen MR) is 123 cm³/mol. The maximum absolute atomic E-state index is 17.7. The van der Waals surface area contributed by atoms with Crippen LogP contribution in [0.25, 0.3) is 10.8 Å². The van der Waals surface area contributed by atoms with Gasteiger partial charge in [0.25, 0.3) is 0 Å². The van der Waals surface area contributed by atoms with Gasteiger partial charge in [0, 0.05) is 41.7 Å². The van der Waals surface area contributed by atoms with Gasteiger partial charge in [-0.2, -0.15) is 4.39 Å². The average molecular weight is 406 g/mol. The first-order valence-electron chi connectivity index (χ1n) is 9.60. The Labute approximate surface area is 172 Å². The molecule has 0 aliphatic heterocycles. The molecule has 147 valence electrons. The molecule has 4 heteroatoms. The molecule has 1 radical (unpaired) electrons. The zero-order valence-electron chi connectivity index (χ0n) is 16.5. The summed E-state index contributed by atoms with van der Waals surface area (Å²) in [6.07, 6.45) is 5.21. The van der Waals surface area contributed by atoms with Crippen molar-refractivity contribution in [2.45, 2.75) is 18.1 Å². The molecule has 3 rings (SSSR count). The molecule has 1 unspecified atom stereocenters. The lowest BCUT2D eigenvalue weighted by Crippen LogP contribution is -2.61. The van der Waals surface area contributed by atoms with Crippen molar-refractivity contribution in [1.82, 2.24) is 4.37 Å². The molecule has 0 amide bonds. The van der Waals surface area contributed by atoms with Crippen molar-refractivity contribution in [3.63, 3.8) is 0 Å². The topological polar surface area (TPSA) is 0 Å². The molecule has 0 spiro atoms. The number of allylic oxidation sites excluding steroid dienone is 3. The second-order valence-electron chi connectivity index (χ2n) is 7.16. The third-order valence-electron chi connectivity index (χ3n) is 5.44. The van der Waals surface area contributed by atoms with Crippen LogP contribution in [0.4, 0.5) is 20.2 Å². The van der Waals surface area contributed by atoms with Crippen molar-refractivity contribution in [3.8, 4) is 0 Å². The van der Waals surface area contributed by atoms with Crippen LogP contribution in [0.2, 0.25) is 18.1 Å². The SMILES string of the molecule is C=CC[Si](CC=C)(CC=C)[N+](F)(c1ccc[c]c1F)c1cccc2ccccc12. The molecule has 0 N–H and O–H groups in total. The molecule has 1 nitrogen and oxygen atoms in total. The molecule has 0 saturated heterocycles. The lowest BCUT2D eigenvalue weighted by atomic mass is 10.1. The summed E-state index contributed by atoms with van der Waals surface area (Å²) in [7, 11) is -3.02.